The molecule has 4 nitrogen and oxygen atoms in total. The van der Waals surface area contributed by atoms with Crippen LogP contribution >= 0.6 is 11.8 Å². The number of aryl methyl sites for hydroxylation is 1. The van der Waals surface area contributed by atoms with Crippen molar-refractivity contribution in [2.24, 2.45) is 0 Å². The first-order valence-corrected chi connectivity index (χ1v) is 6.31. The van der Waals surface area contributed by atoms with E-state index in [0.717, 1.165) is 5.69 Å². The fourth-order valence-electron chi connectivity index (χ4n) is 1.49. The van der Waals surface area contributed by atoms with Gasteiger partial charge >= 0.3 is 0 Å². The fourth-order valence-corrected chi connectivity index (χ4v) is 2.08. The molecule has 1 heterocycles. The highest BCUT2D eigenvalue weighted by Crippen LogP contribution is 2.31. The van der Waals surface area contributed by atoms with Crippen LogP contribution in [-0.4, -0.2) is 21.9 Å². The SMILES string of the molecule is Cc1cc(C(=O)Nc2ccccc2SC(F)F)n[nH]1. The normalized spacial score (nSPS) is 10.7. The van der Waals surface area contributed by atoms with E-state index in [9.17, 15) is 13.6 Å². The summed E-state index contributed by atoms with van der Waals surface area (Å²) in [5.41, 5.74) is 1.31. The van der Waals surface area contributed by atoms with E-state index >= 15 is 0 Å². The molecule has 0 saturated heterocycles. The lowest BCUT2D eigenvalue weighted by molar-refractivity contribution is 0.102. The number of alkyl halides is 2. The number of thioether (sulfide) groups is 1. The van der Waals surface area contributed by atoms with Crippen LogP contribution in [0.25, 0.3) is 0 Å². The van der Waals surface area contributed by atoms with E-state index in [2.05, 4.69) is 15.5 Å². The van der Waals surface area contributed by atoms with Crippen molar-refractivity contribution in [2.75, 3.05) is 5.32 Å². The predicted molar refractivity (Wildman–Crippen MR) is 69.6 cm³/mol. The zero-order valence-corrected chi connectivity index (χ0v) is 10.8. The number of rotatable bonds is 4. The largest absolute Gasteiger partial charge is 0.320 e. The van der Waals surface area contributed by atoms with Gasteiger partial charge in [0, 0.05) is 10.6 Å². The molecular weight excluding hydrogens is 272 g/mol. The summed E-state index contributed by atoms with van der Waals surface area (Å²) < 4.78 is 24.8. The van der Waals surface area contributed by atoms with Gasteiger partial charge in [0.15, 0.2) is 5.69 Å². The maximum absolute atomic E-state index is 12.4. The Labute approximate surface area is 112 Å². The summed E-state index contributed by atoms with van der Waals surface area (Å²) in [6.45, 7) is 1.77. The number of aromatic nitrogens is 2. The monoisotopic (exact) mass is 283 g/mol. The van der Waals surface area contributed by atoms with E-state index in [-0.39, 0.29) is 5.69 Å². The van der Waals surface area contributed by atoms with Crippen LogP contribution in [0.15, 0.2) is 35.2 Å². The zero-order chi connectivity index (χ0) is 13.8. The Hall–Kier alpha value is -1.89. The minimum Gasteiger partial charge on any atom is -0.320 e. The molecule has 2 aromatic rings. The van der Waals surface area contributed by atoms with Gasteiger partial charge in [0.2, 0.25) is 0 Å². The van der Waals surface area contributed by atoms with Gasteiger partial charge in [0.1, 0.15) is 0 Å². The van der Waals surface area contributed by atoms with Crippen molar-refractivity contribution in [1.82, 2.24) is 10.2 Å². The summed E-state index contributed by atoms with van der Waals surface area (Å²) in [4.78, 5) is 12.2. The van der Waals surface area contributed by atoms with Gasteiger partial charge in [-0.2, -0.15) is 13.9 Å². The summed E-state index contributed by atoms with van der Waals surface area (Å²) in [6.07, 6.45) is 0. The van der Waals surface area contributed by atoms with Crippen molar-refractivity contribution in [3.8, 4) is 0 Å². The van der Waals surface area contributed by atoms with Gasteiger partial charge in [-0.1, -0.05) is 23.9 Å². The maximum Gasteiger partial charge on any atom is 0.288 e. The zero-order valence-electron chi connectivity index (χ0n) is 9.98. The van der Waals surface area contributed by atoms with Crippen LogP contribution in [0.5, 0.6) is 0 Å². The first kappa shape index (κ1) is 13.5. The molecule has 1 aromatic heterocycles. The standard InChI is InChI=1S/C12H11F2N3OS/c1-7-6-9(17-16-7)11(18)15-8-4-2-3-5-10(8)19-12(13)14/h2-6,12H,1H3,(H,15,18)(H,16,17). The number of benzene rings is 1. The average Bonchev–Trinajstić information content (AvgIpc) is 2.78. The van der Waals surface area contributed by atoms with Gasteiger partial charge in [-0.25, -0.2) is 0 Å². The summed E-state index contributed by atoms with van der Waals surface area (Å²) in [6, 6.07) is 7.99. The van der Waals surface area contributed by atoms with Crippen molar-refractivity contribution < 1.29 is 13.6 Å². The number of hydrogen-bond acceptors (Lipinski definition) is 3. The predicted octanol–water partition coefficient (Wildman–Crippen LogP) is 3.29. The Morgan fingerprint density at radius 1 is 1.42 bits per heavy atom. The third kappa shape index (κ3) is 3.54. The summed E-state index contributed by atoms with van der Waals surface area (Å²) in [5, 5.41) is 9.03. The van der Waals surface area contributed by atoms with Crippen molar-refractivity contribution in [3.05, 3.63) is 41.7 Å². The highest BCUT2D eigenvalue weighted by Gasteiger charge is 2.14. The second-order valence-electron chi connectivity index (χ2n) is 3.76. The minimum atomic E-state index is -2.54. The van der Waals surface area contributed by atoms with Gasteiger partial charge in [-0.15, -0.1) is 0 Å². The van der Waals surface area contributed by atoms with Crippen LogP contribution in [0.2, 0.25) is 0 Å². The number of aromatic amines is 1. The van der Waals surface area contributed by atoms with E-state index in [4.69, 9.17) is 0 Å². The molecule has 0 atom stereocenters. The Balaban J connectivity index is 2.16. The fraction of sp³-hybridized carbons (Fsp3) is 0.167. The molecule has 0 bridgehead atoms. The molecule has 1 amide bonds. The molecule has 100 valence electrons. The highest BCUT2D eigenvalue weighted by atomic mass is 32.2. The van der Waals surface area contributed by atoms with Gasteiger partial charge in [0.25, 0.3) is 11.7 Å². The van der Waals surface area contributed by atoms with Crippen molar-refractivity contribution in [3.63, 3.8) is 0 Å². The topological polar surface area (TPSA) is 57.8 Å². The van der Waals surface area contributed by atoms with Crippen molar-refractivity contribution in [2.45, 2.75) is 17.6 Å². The smallest absolute Gasteiger partial charge is 0.288 e. The van der Waals surface area contributed by atoms with Crippen LogP contribution in [0.4, 0.5) is 14.5 Å². The highest BCUT2D eigenvalue weighted by molar-refractivity contribution is 7.99. The van der Waals surface area contributed by atoms with Gasteiger partial charge in [-0.3, -0.25) is 9.89 Å². The number of amides is 1. The first-order valence-electron chi connectivity index (χ1n) is 5.43. The Kier molecular flexibility index (Phi) is 4.16. The molecule has 19 heavy (non-hydrogen) atoms. The number of carbonyl (C=O) groups excluding carboxylic acids is 1. The van der Waals surface area contributed by atoms with Crippen molar-refractivity contribution in [1.29, 1.82) is 0 Å². The number of H-pyrrole nitrogens is 1. The minimum absolute atomic E-state index is 0.217. The third-order valence-corrected chi connectivity index (χ3v) is 3.08. The lowest BCUT2D eigenvalue weighted by Gasteiger charge is -2.09. The molecule has 0 aliphatic carbocycles. The lowest BCUT2D eigenvalue weighted by Crippen LogP contribution is -2.13. The molecule has 7 heteroatoms. The molecule has 0 fully saturated rings. The first-order chi connectivity index (χ1) is 9.06. The number of hydrogen-bond donors (Lipinski definition) is 2. The average molecular weight is 283 g/mol. The summed E-state index contributed by atoms with van der Waals surface area (Å²) in [7, 11) is 0. The lowest BCUT2D eigenvalue weighted by atomic mass is 10.3. The quantitative estimate of drug-likeness (QED) is 0.847. The maximum atomic E-state index is 12.4. The molecule has 2 N–H and O–H groups in total. The van der Waals surface area contributed by atoms with Gasteiger partial charge in [0.05, 0.1) is 5.69 Å². The van der Waals surface area contributed by atoms with Gasteiger partial charge in [-0.05, 0) is 25.1 Å². The number of anilines is 1. The number of nitrogens with one attached hydrogen (secondary N) is 2. The van der Waals surface area contributed by atoms with Crippen LogP contribution in [0.3, 0.4) is 0 Å². The number of halogens is 2. The van der Waals surface area contributed by atoms with E-state index < -0.39 is 11.7 Å². The van der Waals surface area contributed by atoms with E-state index in [1.165, 1.54) is 6.07 Å². The van der Waals surface area contributed by atoms with E-state index in [1.54, 1.807) is 31.2 Å². The molecule has 2 rings (SSSR count). The van der Waals surface area contributed by atoms with E-state index in [0.29, 0.717) is 22.3 Å². The Morgan fingerprint density at radius 3 is 2.79 bits per heavy atom. The van der Waals surface area contributed by atoms with Crippen LogP contribution in [-0.2, 0) is 0 Å². The molecule has 0 radical (unpaired) electrons. The molecular formula is C12H11F2N3OS. The Bertz CT molecular complexity index is 586. The van der Waals surface area contributed by atoms with E-state index in [1.807, 2.05) is 0 Å². The van der Waals surface area contributed by atoms with Crippen LogP contribution in [0, 0.1) is 6.92 Å². The second kappa shape index (κ2) is 5.83. The summed E-state index contributed by atoms with van der Waals surface area (Å²) >= 11 is 0.391. The molecule has 0 spiro atoms. The second-order valence-corrected chi connectivity index (χ2v) is 4.80. The molecule has 0 unspecified atom stereocenters. The number of carbonyl (C=O) groups is 1. The van der Waals surface area contributed by atoms with Crippen LogP contribution in [0.1, 0.15) is 16.2 Å². The molecule has 0 saturated carbocycles. The summed E-state index contributed by atoms with van der Waals surface area (Å²) in [5.74, 6) is -2.97. The Morgan fingerprint density at radius 2 is 2.16 bits per heavy atom. The number of nitrogens with zero attached hydrogens (tertiary/aromatic N) is 1. The molecule has 0 aliphatic heterocycles. The van der Waals surface area contributed by atoms with Crippen LogP contribution < -0.4 is 5.32 Å². The third-order valence-electron chi connectivity index (χ3n) is 2.29. The number of para-hydroxylation sites is 1. The molecule has 0 aliphatic rings. The molecule has 1 aromatic carbocycles. The van der Waals surface area contributed by atoms with Gasteiger partial charge < -0.3 is 5.32 Å². The van der Waals surface area contributed by atoms with Crippen molar-refractivity contribution >= 4 is 23.4 Å².